The van der Waals surface area contributed by atoms with E-state index in [1.807, 2.05) is 6.92 Å². The second-order valence-electron chi connectivity index (χ2n) is 6.52. The summed E-state index contributed by atoms with van der Waals surface area (Å²) < 4.78 is 26.0. The standard InChI is InChI=1S/C15H24N4O3S/c1-11-9-14(20)17-15(16-11)12(2)18-6-3-5-13(10-18)19-7-4-8-23(19,21)22/h9,12-13H,3-8,10H2,1-2H3,(H,16,17,20). The fourth-order valence-corrected chi connectivity index (χ4v) is 5.37. The minimum atomic E-state index is -3.08. The van der Waals surface area contributed by atoms with Crippen LogP contribution in [0.5, 0.6) is 0 Å². The Balaban J connectivity index is 1.76. The molecule has 0 amide bonds. The van der Waals surface area contributed by atoms with Gasteiger partial charge in [-0.25, -0.2) is 13.4 Å². The SMILES string of the molecule is Cc1cc(=O)[nH]c(C(C)N2CCCC(N3CCCS3(=O)=O)C2)n1. The van der Waals surface area contributed by atoms with E-state index in [-0.39, 0.29) is 23.4 Å². The summed E-state index contributed by atoms with van der Waals surface area (Å²) in [5.74, 6) is 0.922. The highest BCUT2D eigenvalue weighted by atomic mass is 32.2. The molecule has 0 radical (unpaired) electrons. The molecule has 1 aromatic heterocycles. The Kier molecular flexibility index (Phi) is 4.57. The zero-order chi connectivity index (χ0) is 16.6. The summed E-state index contributed by atoms with van der Waals surface area (Å²) in [6, 6.07) is 1.48. The highest BCUT2D eigenvalue weighted by Gasteiger charge is 2.37. The summed E-state index contributed by atoms with van der Waals surface area (Å²) in [5.41, 5.74) is 0.557. The average molecular weight is 340 g/mol. The molecule has 8 heteroatoms. The van der Waals surface area contributed by atoms with E-state index in [4.69, 9.17) is 0 Å². The summed E-state index contributed by atoms with van der Waals surface area (Å²) in [4.78, 5) is 21.1. The zero-order valence-electron chi connectivity index (χ0n) is 13.7. The second-order valence-corrected chi connectivity index (χ2v) is 8.56. The van der Waals surface area contributed by atoms with Gasteiger partial charge in [-0.05, 0) is 39.7 Å². The Morgan fingerprint density at radius 2 is 2.13 bits per heavy atom. The van der Waals surface area contributed by atoms with E-state index < -0.39 is 10.0 Å². The molecular weight excluding hydrogens is 316 g/mol. The smallest absolute Gasteiger partial charge is 0.251 e. The lowest BCUT2D eigenvalue weighted by atomic mass is 10.0. The van der Waals surface area contributed by atoms with E-state index in [0.717, 1.165) is 25.8 Å². The first-order chi connectivity index (χ1) is 10.9. The number of piperidine rings is 1. The lowest BCUT2D eigenvalue weighted by Crippen LogP contribution is -2.49. The van der Waals surface area contributed by atoms with Crippen molar-refractivity contribution in [3.05, 3.63) is 27.9 Å². The Morgan fingerprint density at radius 3 is 2.78 bits per heavy atom. The van der Waals surface area contributed by atoms with Crippen LogP contribution in [-0.4, -0.2) is 59.0 Å². The first-order valence-corrected chi connectivity index (χ1v) is 9.79. The maximum atomic E-state index is 12.1. The van der Waals surface area contributed by atoms with Gasteiger partial charge < -0.3 is 4.98 Å². The molecular formula is C15H24N4O3S. The van der Waals surface area contributed by atoms with E-state index in [1.54, 1.807) is 11.2 Å². The van der Waals surface area contributed by atoms with Crippen molar-refractivity contribution in [2.45, 2.75) is 45.2 Å². The van der Waals surface area contributed by atoms with Crippen LogP contribution in [0.1, 0.15) is 43.7 Å². The quantitative estimate of drug-likeness (QED) is 0.872. The Morgan fingerprint density at radius 1 is 1.35 bits per heavy atom. The molecule has 128 valence electrons. The molecule has 2 atom stereocenters. The van der Waals surface area contributed by atoms with Crippen LogP contribution >= 0.6 is 0 Å². The fraction of sp³-hybridized carbons (Fsp3) is 0.733. The number of aryl methyl sites for hydroxylation is 1. The normalized spacial score (nSPS) is 27.1. The van der Waals surface area contributed by atoms with E-state index >= 15 is 0 Å². The number of hydrogen-bond acceptors (Lipinski definition) is 5. The monoisotopic (exact) mass is 340 g/mol. The van der Waals surface area contributed by atoms with Crippen LogP contribution in [-0.2, 0) is 10.0 Å². The first-order valence-electron chi connectivity index (χ1n) is 8.18. The van der Waals surface area contributed by atoms with Crippen molar-refractivity contribution >= 4 is 10.0 Å². The fourth-order valence-electron chi connectivity index (χ4n) is 3.61. The van der Waals surface area contributed by atoms with Gasteiger partial charge in [0.25, 0.3) is 5.56 Å². The Bertz CT molecular complexity index is 730. The third-order valence-electron chi connectivity index (χ3n) is 4.80. The highest BCUT2D eigenvalue weighted by molar-refractivity contribution is 7.89. The van der Waals surface area contributed by atoms with Gasteiger partial charge in [0.15, 0.2) is 0 Å². The summed E-state index contributed by atoms with van der Waals surface area (Å²) in [7, 11) is -3.08. The van der Waals surface area contributed by atoms with Gasteiger partial charge in [0.2, 0.25) is 10.0 Å². The van der Waals surface area contributed by atoms with E-state index in [1.165, 1.54) is 6.07 Å². The summed E-state index contributed by atoms with van der Waals surface area (Å²) in [6.07, 6.45) is 2.58. The van der Waals surface area contributed by atoms with Crippen LogP contribution in [0.3, 0.4) is 0 Å². The minimum absolute atomic E-state index is 0.0318. The van der Waals surface area contributed by atoms with Crippen molar-refractivity contribution < 1.29 is 8.42 Å². The Labute approximate surface area is 136 Å². The van der Waals surface area contributed by atoms with Crippen molar-refractivity contribution in [2.75, 3.05) is 25.4 Å². The van der Waals surface area contributed by atoms with E-state index in [9.17, 15) is 13.2 Å². The Hall–Kier alpha value is -1.25. The number of aromatic amines is 1. The molecule has 2 aliphatic heterocycles. The number of sulfonamides is 1. The van der Waals surface area contributed by atoms with Gasteiger partial charge in [0.05, 0.1) is 11.8 Å². The van der Waals surface area contributed by atoms with Crippen molar-refractivity contribution in [1.29, 1.82) is 0 Å². The van der Waals surface area contributed by atoms with Crippen LogP contribution in [0.4, 0.5) is 0 Å². The predicted molar refractivity (Wildman–Crippen MR) is 87.7 cm³/mol. The van der Waals surface area contributed by atoms with Crippen LogP contribution in [0.2, 0.25) is 0 Å². The molecule has 0 aliphatic carbocycles. The summed E-state index contributed by atoms with van der Waals surface area (Å²) in [5, 5.41) is 0. The topological polar surface area (TPSA) is 86.4 Å². The van der Waals surface area contributed by atoms with Crippen LogP contribution in [0.15, 0.2) is 10.9 Å². The van der Waals surface area contributed by atoms with Crippen LogP contribution in [0.25, 0.3) is 0 Å². The molecule has 7 nitrogen and oxygen atoms in total. The van der Waals surface area contributed by atoms with Gasteiger partial charge in [0.1, 0.15) is 5.82 Å². The lowest BCUT2D eigenvalue weighted by molar-refractivity contribution is 0.113. The largest absolute Gasteiger partial charge is 0.309 e. The van der Waals surface area contributed by atoms with Crippen molar-refractivity contribution in [3.63, 3.8) is 0 Å². The van der Waals surface area contributed by atoms with Gasteiger partial charge in [-0.15, -0.1) is 0 Å². The molecule has 1 N–H and O–H groups in total. The molecule has 0 bridgehead atoms. The number of aromatic nitrogens is 2. The maximum absolute atomic E-state index is 12.1. The first kappa shape index (κ1) is 16.6. The van der Waals surface area contributed by atoms with E-state index in [0.29, 0.717) is 24.6 Å². The number of nitrogens with one attached hydrogen (secondary N) is 1. The van der Waals surface area contributed by atoms with Gasteiger partial charge in [0, 0.05) is 30.9 Å². The number of hydrogen-bond donors (Lipinski definition) is 1. The van der Waals surface area contributed by atoms with Gasteiger partial charge in [-0.3, -0.25) is 9.69 Å². The molecule has 1 aromatic rings. The molecule has 2 saturated heterocycles. The van der Waals surface area contributed by atoms with Gasteiger partial charge in [-0.2, -0.15) is 4.31 Å². The van der Waals surface area contributed by atoms with Gasteiger partial charge in [-0.1, -0.05) is 0 Å². The molecule has 23 heavy (non-hydrogen) atoms. The third kappa shape index (κ3) is 3.49. The molecule has 3 heterocycles. The average Bonchev–Trinajstić information content (AvgIpc) is 2.85. The zero-order valence-corrected chi connectivity index (χ0v) is 14.5. The number of likely N-dealkylation sites (tertiary alicyclic amines) is 1. The minimum Gasteiger partial charge on any atom is -0.309 e. The number of rotatable bonds is 3. The molecule has 3 rings (SSSR count). The van der Waals surface area contributed by atoms with Crippen LogP contribution < -0.4 is 5.56 Å². The van der Waals surface area contributed by atoms with Crippen molar-refractivity contribution in [2.24, 2.45) is 0 Å². The van der Waals surface area contributed by atoms with Crippen molar-refractivity contribution in [3.8, 4) is 0 Å². The lowest BCUT2D eigenvalue weighted by Gasteiger charge is -2.39. The number of H-pyrrole nitrogens is 1. The summed E-state index contributed by atoms with van der Waals surface area (Å²) in [6.45, 7) is 6.04. The molecule has 2 unspecified atom stereocenters. The predicted octanol–water partition coefficient (Wildman–Crippen LogP) is 0.639. The van der Waals surface area contributed by atoms with Crippen LogP contribution in [0, 0.1) is 6.92 Å². The molecule has 0 aromatic carbocycles. The van der Waals surface area contributed by atoms with Crippen molar-refractivity contribution in [1.82, 2.24) is 19.2 Å². The molecule has 2 fully saturated rings. The molecule has 2 aliphatic rings. The van der Waals surface area contributed by atoms with E-state index in [2.05, 4.69) is 14.9 Å². The molecule has 0 saturated carbocycles. The van der Waals surface area contributed by atoms with Gasteiger partial charge >= 0.3 is 0 Å². The third-order valence-corrected chi connectivity index (χ3v) is 6.80. The number of nitrogens with zero attached hydrogens (tertiary/aromatic N) is 3. The summed E-state index contributed by atoms with van der Waals surface area (Å²) >= 11 is 0. The molecule has 0 spiro atoms. The second kappa shape index (κ2) is 6.33. The highest BCUT2D eigenvalue weighted by Crippen LogP contribution is 2.27. The maximum Gasteiger partial charge on any atom is 0.251 e.